The van der Waals surface area contributed by atoms with E-state index in [-0.39, 0.29) is 12.2 Å². The molecule has 0 heterocycles. The van der Waals surface area contributed by atoms with Gasteiger partial charge in [0, 0.05) is 22.1 Å². The maximum atomic E-state index is 12.2. The van der Waals surface area contributed by atoms with Gasteiger partial charge in [-0.2, -0.15) is 0 Å². The lowest BCUT2D eigenvalue weighted by Gasteiger charge is -2.06. The maximum Gasteiger partial charge on any atom is 0.304 e. The van der Waals surface area contributed by atoms with Crippen LogP contribution in [0.3, 0.4) is 0 Å². The van der Waals surface area contributed by atoms with E-state index in [0.717, 1.165) is 16.7 Å². The van der Waals surface area contributed by atoms with Crippen molar-refractivity contribution in [2.24, 2.45) is 5.92 Å². The van der Waals surface area contributed by atoms with Crippen molar-refractivity contribution in [1.82, 2.24) is 0 Å². The first-order valence-electron chi connectivity index (χ1n) is 6.70. The quantitative estimate of drug-likeness (QED) is 0.937. The van der Waals surface area contributed by atoms with Gasteiger partial charge < -0.3 is 5.11 Å². The average molecular weight is 301 g/mol. The molecule has 0 amide bonds. The van der Waals surface area contributed by atoms with Crippen molar-refractivity contribution >= 4 is 23.4 Å². The van der Waals surface area contributed by atoms with Crippen LogP contribution in [0.4, 0.5) is 0 Å². The fourth-order valence-corrected chi connectivity index (χ4v) is 3.06. The van der Waals surface area contributed by atoms with Gasteiger partial charge in [-0.3, -0.25) is 9.59 Å². The van der Waals surface area contributed by atoms with Crippen LogP contribution in [-0.4, -0.2) is 16.9 Å². The Bertz CT molecular complexity index is 737. The third kappa shape index (κ3) is 2.57. The number of benzene rings is 2. The summed E-state index contributed by atoms with van der Waals surface area (Å²) in [6.45, 7) is 0. The highest BCUT2D eigenvalue weighted by Gasteiger charge is 2.32. The van der Waals surface area contributed by atoms with Gasteiger partial charge >= 0.3 is 5.97 Å². The molecule has 1 aliphatic carbocycles. The summed E-state index contributed by atoms with van der Waals surface area (Å²) in [5.41, 5.74) is 3.40. The standard InChI is InChI=1S/C17H13ClO3/c18-15-4-2-1-3-13(15)10-5-6-14-11(7-10)8-12(17(14)21)9-16(19)20/h1-7,12H,8-9H2,(H,19,20). The SMILES string of the molecule is O=C(O)CC1Cc2cc(-c3ccccc3Cl)ccc2C1=O. The molecule has 1 atom stereocenters. The number of hydrogen-bond acceptors (Lipinski definition) is 2. The van der Waals surface area contributed by atoms with Gasteiger partial charge in [0.15, 0.2) is 5.78 Å². The Balaban J connectivity index is 1.97. The van der Waals surface area contributed by atoms with Crippen LogP contribution >= 0.6 is 11.6 Å². The number of fused-ring (bicyclic) bond motifs is 1. The van der Waals surface area contributed by atoms with E-state index in [1.165, 1.54) is 0 Å². The van der Waals surface area contributed by atoms with Crippen molar-refractivity contribution in [1.29, 1.82) is 0 Å². The smallest absolute Gasteiger partial charge is 0.304 e. The van der Waals surface area contributed by atoms with Gasteiger partial charge in [-0.05, 0) is 23.6 Å². The molecule has 2 aromatic carbocycles. The summed E-state index contributed by atoms with van der Waals surface area (Å²) in [5.74, 6) is -1.45. The van der Waals surface area contributed by atoms with E-state index in [1.807, 2.05) is 36.4 Å². The number of carbonyl (C=O) groups is 2. The molecule has 0 radical (unpaired) electrons. The van der Waals surface area contributed by atoms with Gasteiger partial charge in [0.1, 0.15) is 0 Å². The fourth-order valence-electron chi connectivity index (χ4n) is 2.82. The topological polar surface area (TPSA) is 54.4 Å². The Kier molecular flexibility index (Phi) is 3.52. The van der Waals surface area contributed by atoms with Crippen LogP contribution < -0.4 is 0 Å². The van der Waals surface area contributed by atoms with E-state index in [4.69, 9.17) is 16.7 Å². The minimum atomic E-state index is -0.938. The molecule has 2 aromatic rings. The minimum Gasteiger partial charge on any atom is -0.481 e. The number of carboxylic acid groups (broad SMARTS) is 1. The third-order valence-corrected chi connectivity index (χ3v) is 4.14. The summed E-state index contributed by atoms with van der Waals surface area (Å²) in [7, 11) is 0. The first-order valence-corrected chi connectivity index (χ1v) is 7.08. The number of Topliss-reactive ketones (excluding diaryl/α,β-unsaturated/α-hetero) is 1. The highest BCUT2D eigenvalue weighted by Crippen LogP contribution is 2.34. The number of carbonyl (C=O) groups excluding carboxylic acids is 1. The number of hydrogen-bond donors (Lipinski definition) is 1. The van der Waals surface area contributed by atoms with Gasteiger partial charge in [0.25, 0.3) is 0 Å². The van der Waals surface area contributed by atoms with Crippen molar-refractivity contribution in [2.75, 3.05) is 0 Å². The molecule has 0 aliphatic heterocycles. The number of aliphatic carboxylic acids is 1. The number of ketones is 1. The highest BCUT2D eigenvalue weighted by atomic mass is 35.5. The molecule has 3 rings (SSSR count). The van der Waals surface area contributed by atoms with E-state index in [0.29, 0.717) is 17.0 Å². The van der Waals surface area contributed by atoms with Crippen LogP contribution in [0.25, 0.3) is 11.1 Å². The zero-order valence-electron chi connectivity index (χ0n) is 11.2. The van der Waals surface area contributed by atoms with E-state index >= 15 is 0 Å². The van der Waals surface area contributed by atoms with Crippen LogP contribution in [0.2, 0.25) is 5.02 Å². The van der Waals surface area contributed by atoms with Crippen molar-refractivity contribution < 1.29 is 14.7 Å². The predicted octanol–water partition coefficient (Wildman–Crippen LogP) is 3.84. The fraction of sp³-hybridized carbons (Fsp3) is 0.176. The number of carboxylic acids is 1. The van der Waals surface area contributed by atoms with Gasteiger partial charge in [-0.15, -0.1) is 0 Å². The highest BCUT2D eigenvalue weighted by molar-refractivity contribution is 6.33. The lowest BCUT2D eigenvalue weighted by molar-refractivity contribution is -0.137. The normalized spacial score (nSPS) is 16.8. The number of halogens is 1. The van der Waals surface area contributed by atoms with Crippen LogP contribution in [-0.2, 0) is 11.2 Å². The van der Waals surface area contributed by atoms with Gasteiger partial charge in [0.2, 0.25) is 0 Å². The lowest BCUT2D eigenvalue weighted by atomic mass is 10.0. The summed E-state index contributed by atoms with van der Waals surface area (Å²) in [6, 6.07) is 13.1. The molecule has 1 aliphatic rings. The Labute approximate surface area is 127 Å². The van der Waals surface area contributed by atoms with E-state index in [1.54, 1.807) is 6.07 Å². The van der Waals surface area contributed by atoms with Crippen molar-refractivity contribution in [3.8, 4) is 11.1 Å². The largest absolute Gasteiger partial charge is 0.481 e. The number of rotatable bonds is 3. The van der Waals surface area contributed by atoms with E-state index in [9.17, 15) is 9.59 Å². The second-order valence-electron chi connectivity index (χ2n) is 5.21. The molecule has 0 aromatic heterocycles. The second kappa shape index (κ2) is 5.34. The summed E-state index contributed by atoms with van der Waals surface area (Å²) in [6.07, 6.45) is 0.369. The first-order chi connectivity index (χ1) is 10.1. The molecule has 4 heteroatoms. The summed E-state index contributed by atoms with van der Waals surface area (Å²) in [4.78, 5) is 23.0. The summed E-state index contributed by atoms with van der Waals surface area (Å²) >= 11 is 6.19. The second-order valence-corrected chi connectivity index (χ2v) is 5.62. The van der Waals surface area contributed by atoms with Gasteiger partial charge in [-0.25, -0.2) is 0 Å². The molecule has 21 heavy (non-hydrogen) atoms. The average Bonchev–Trinajstić information content (AvgIpc) is 2.75. The van der Waals surface area contributed by atoms with Crippen LogP contribution in [0.5, 0.6) is 0 Å². The monoisotopic (exact) mass is 300 g/mol. The Hall–Kier alpha value is -2.13. The van der Waals surface area contributed by atoms with Crippen LogP contribution in [0, 0.1) is 5.92 Å². The molecule has 0 fully saturated rings. The lowest BCUT2D eigenvalue weighted by Crippen LogP contribution is -2.13. The Morgan fingerprint density at radius 2 is 1.95 bits per heavy atom. The maximum absolute atomic E-state index is 12.2. The minimum absolute atomic E-state index is 0.0712. The molecule has 0 saturated carbocycles. The summed E-state index contributed by atoms with van der Waals surface area (Å²) in [5, 5.41) is 9.53. The van der Waals surface area contributed by atoms with Crippen molar-refractivity contribution in [2.45, 2.75) is 12.8 Å². The van der Waals surface area contributed by atoms with Gasteiger partial charge in [-0.1, -0.05) is 48.0 Å². The molecular weight excluding hydrogens is 288 g/mol. The molecule has 0 bridgehead atoms. The third-order valence-electron chi connectivity index (χ3n) is 3.81. The van der Waals surface area contributed by atoms with Crippen molar-refractivity contribution in [3.63, 3.8) is 0 Å². The molecule has 0 spiro atoms. The molecule has 3 nitrogen and oxygen atoms in total. The van der Waals surface area contributed by atoms with Crippen LogP contribution in [0.15, 0.2) is 42.5 Å². The van der Waals surface area contributed by atoms with E-state index in [2.05, 4.69) is 0 Å². The Morgan fingerprint density at radius 3 is 2.67 bits per heavy atom. The van der Waals surface area contributed by atoms with E-state index < -0.39 is 11.9 Å². The zero-order chi connectivity index (χ0) is 15.0. The van der Waals surface area contributed by atoms with Gasteiger partial charge in [0.05, 0.1) is 6.42 Å². The molecular formula is C17H13ClO3. The molecule has 1 N–H and O–H groups in total. The predicted molar refractivity (Wildman–Crippen MR) is 80.7 cm³/mol. The zero-order valence-corrected chi connectivity index (χ0v) is 11.9. The van der Waals surface area contributed by atoms with Crippen LogP contribution in [0.1, 0.15) is 22.3 Å². The Morgan fingerprint density at radius 1 is 1.19 bits per heavy atom. The van der Waals surface area contributed by atoms with Crippen molar-refractivity contribution in [3.05, 3.63) is 58.6 Å². The summed E-state index contributed by atoms with van der Waals surface area (Å²) < 4.78 is 0. The molecule has 1 unspecified atom stereocenters. The first kappa shape index (κ1) is 13.8. The molecule has 106 valence electrons. The molecule has 0 saturated heterocycles.